The molecule has 1 heterocycles. The van der Waals surface area contributed by atoms with Crippen molar-refractivity contribution in [2.75, 3.05) is 6.61 Å². The maximum atomic E-state index is 8.53. The van der Waals surface area contributed by atoms with Crippen LogP contribution in [0.2, 0.25) is 0 Å². The van der Waals surface area contributed by atoms with Crippen molar-refractivity contribution in [2.45, 2.75) is 12.8 Å². The summed E-state index contributed by atoms with van der Waals surface area (Å²) in [6.45, 7) is 0.287. The number of hydrogen-bond donors (Lipinski definition) is 3. The molecule has 0 radical (unpaired) electrons. The quantitative estimate of drug-likeness (QED) is 0.734. The Morgan fingerprint density at radius 3 is 2.38 bits per heavy atom. The number of nitrogens with zero attached hydrogens (tertiary/aromatic N) is 2. The van der Waals surface area contributed by atoms with Crippen molar-refractivity contribution >= 4 is 0 Å². The summed E-state index contributed by atoms with van der Waals surface area (Å²) in [4.78, 5) is 0. The first-order chi connectivity index (χ1) is 7.43. The Kier molecular flexibility index (Phi) is 8.76. The van der Waals surface area contributed by atoms with Crippen LogP contribution >= 0.6 is 0 Å². The Balaban J connectivity index is 0.000000318. The normalized spacial score (nSPS) is 8.56. The molecule has 5 N–H and O–H groups in total. The van der Waals surface area contributed by atoms with Crippen molar-refractivity contribution in [1.29, 1.82) is 0 Å². The van der Waals surface area contributed by atoms with Crippen LogP contribution in [0.1, 0.15) is 12.0 Å². The van der Waals surface area contributed by atoms with Gasteiger partial charge in [0, 0.05) is 12.8 Å². The molecule has 5 nitrogen and oxygen atoms in total. The molecular weight excluding hydrogens is 204 g/mol. The lowest BCUT2D eigenvalue weighted by atomic mass is 10.1. The number of aryl methyl sites for hydroxylation is 1. The predicted molar refractivity (Wildman–Crippen MR) is 63.3 cm³/mol. The van der Waals surface area contributed by atoms with Gasteiger partial charge in [0.2, 0.25) is 0 Å². The van der Waals surface area contributed by atoms with Crippen molar-refractivity contribution in [3.8, 4) is 0 Å². The first-order valence-corrected chi connectivity index (χ1v) is 4.88. The Morgan fingerprint density at radius 1 is 1.19 bits per heavy atom. The van der Waals surface area contributed by atoms with Crippen molar-refractivity contribution in [3.05, 3.63) is 48.3 Å². The molecule has 0 atom stereocenters. The fraction of sp³-hybridized carbons (Fsp3) is 0.273. The summed E-state index contributed by atoms with van der Waals surface area (Å²) in [5.41, 5.74) is 1.30. The molecule has 88 valence electrons. The van der Waals surface area contributed by atoms with Gasteiger partial charge in [-0.3, -0.25) is 5.10 Å². The van der Waals surface area contributed by atoms with Gasteiger partial charge in [-0.2, -0.15) is 0 Å². The summed E-state index contributed by atoms with van der Waals surface area (Å²) in [5.74, 6) is 0. The lowest BCUT2D eigenvalue weighted by Gasteiger charge is -1.96. The molecule has 2 rings (SSSR count). The van der Waals surface area contributed by atoms with Gasteiger partial charge in [-0.25, -0.2) is 0 Å². The number of benzene rings is 1. The minimum atomic E-state index is 0. The van der Waals surface area contributed by atoms with Gasteiger partial charge in [0.15, 0.2) is 0 Å². The molecule has 0 bridgehead atoms. The van der Waals surface area contributed by atoms with Crippen molar-refractivity contribution in [3.63, 3.8) is 0 Å². The van der Waals surface area contributed by atoms with Crippen LogP contribution in [0.3, 0.4) is 0 Å². The van der Waals surface area contributed by atoms with Gasteiger partial charge >= 0.3 is 0 Å². The van der Waals surface area contributed by atoms with E-state index in [4.69, 9.17) is 5.11 Å². The molecule has 0 saturated carbocycles. The van der Waals surface area contributed by atoms with E-state index >= 15 is 0 Å². The van der Waals surface area contributed by atoms with Crippen molar-refractivity contribution in [2.24, 2.45) is 0 Å². The third-order valence-electron chi connectivity index (χ3n) is 1.80. The van der Waals surface area contributed by atoms with Crippen LogP contribution in [0.4, 0.5) is 0 Å². The van der Waals surface area contributed by atoms with Gasteiger partial charge in [0.25, 0.3) is 0 Å². The van der Waals surface area contributed by atoms with E-state index in [9.17, 15) is 0 Å². The van der Waals surface area contributed by atoms with E-state index in [1.165, 1.54) is 5.56 Å². The molecule has 1 aromatic carbocycles. The molecule has 0 amide bonds. The standard InChI is InChI=1S/C9H12O.C2H3N3.H3N/c10-8-4-7-9-5-2-1-3-6-9;1-2-4-5-3-1;/h1-3,5-6,10H,4,7-8H2;1-2H,(H,3,4,5);1H3. The lowest BCUT2D eigenvalue weighted by molar-refractivity contribution is 0.288. The largest absolute Gasteiger partial charge is 0.396 e. The monoisotopic (exact) mass is 222 g/mol. The van der Waals surface area contributed by atoms with Crippen LogP contribution in [0.15, 0.2) is 42.7 Å². The number of H-pyrrole nitrogens is 1. The summed E-state index contributed by atoms with van der Waals surface area (Å²) < 4.78 is 0. The van der Waals surface area contributed by atoms with E-state index in [0.717, 1.165) is 12.8 Å². The number of aliphatic hydroxyl groups excluding tert-OH is 1. The molecule has 0 fully saturated rings. The molecule has 0 saturated heterocycles. The zero-order chi connectivity index (χ0) is 10.8. The molecule has 0 spiro atoms. The maximum absolute atomic E-state index is 8.53. The Labute approximate surface area is 95.1 Å². The summed E-state index contributed by atoms with van der Waals surface area (Å²) in [6.07, 6.45) is 5.08. The van der Waals surface area contributed by atoms with Crippen LogP contribution in [0, 0.1) is 0 Å². The molecule has 0 unspecified atom stereocenters. The van der Waals surface area contributed by atoms with Gasteiger partial charge in [-0.1, -0.05) is 35.5 Å². The molecule has 0 aliphatic rings. The van der Waals surface area contributed by atoms with Gasteiger partial charge in [-0.15, -0.1) is 5.10 Å². The highest BCUT2D eigenvalue weighted by atomic mass is 16.2. The summed E-state index contributed by atoms with van der Waals surface area (Å²) in [6, 6.07) is 10.2. The minimum absolute atomic E-state index is 0. The number of hydrogen-bond acceptors (Lipinski definition) is 4. The maximum Gasteiger partial charge on any atom is 0.0690 e. The van der Waals surface area contributed by atoms with E-state index in [-0.39, 0.29) is 12.8 Å². The molecule has 5 heteroatoms. The summed E-state index contributed by atoms with van der Waals surface area (Å²) >= 11 is 0. The average molecular weight is 222 g/mol. The van der Waals surface area contributed by atoms with Gasteiger partial charge in [-0.05, 0) is 18.4 Å². The van der Waals surface area contributed by atoms with Crippen LogP contribution in [0.5, 0.6) is 0 Å². The molecule has 0 aliphatic carbocycles. The third kappa shape index (κ3) is 6.69. The fourth-order valence-corrected chi connectivity index (χ4v) is 1.09. The number of aromatic amines is 1. The molecular formula is C11H18N4O. The number of nitrogens with one attached hydrogen (secondary N) is 1. The first kappa shape index (κ1) is 14.3. The molecule has 16 heavy (non-hydrogen) atoms. The second-order valence-corrected chi connectivity index (χ2v) is 2.97. The zero-order valence-electron chi connectivity index (χ0n) is 9.21. The number of aliphatic hydroxyl groups is 1. The number of aromatic nitrogens is 3. The van der Waals surface area contributed by atoms with E-state index in [1.807, 2.05) is 18.2 Å². The van der Waals surface area contributed by atoms with Crippen LogP contribution in [-0.4, -0.2) is 27.1 Å². The second kappa shape index (κ2) is 9.82. The molecule has 1 aromatic heterocycles. The minimum Gasteiger partial charge on any atom is -0.396 e. The van der Waals surface area contributed by atoms with Crippen LogP contribution in [-0.2, 0) is 6.42 Å². The van der Waals surface area contributed by atoms with Gasteiger partial charge in [0.05, 0.1) is 6.20 Å². The third-order valence-corrected chi connectivity index (χ3v) is 1.80. The Bertz CT molecular complexity index is 306. The highest BCUT2D eigenvalue weighted by Crippen LogP contribution is 2.00. The highest BCUT2D eigenvalue weighted by molar-refractivity contribution is 5.14. The van der Waals surface area contributed by atoms with Crippen LogP contribution in [0.25, 0.3) is 0 Å². The first-order valence-electron chi connectivity index (χ1n) is 4.88. The van der Waals surface area contributed by atoms with Gasteiger partial charge in [0.1, 0.15) is 0 Å². The van der Waals surface area contributed by atoms with Crippen molar-refractivity contribution in [1.82, 2.24) is 21.6 Å². The Morgan fingerprint density at radius 2 is 1.94 bits per heavy atom. The smallest absolute Gasteiger partial charge is 0.0690 e. The van der Waals surface area contributed by atoms with Crippen molar-refractivity contribution < 1.29 is 5.11 Å². The second-order valence-electron chi connectivity index (χ2n) is 2.97. The van der Waals surface area contributed by atoms with E-state index in [0.29, 0.717) is 0 Å². The highest BCUT2D eigenvalue weighted by Gasteiger charge is 1.88. The van der Waals surface area contributed by atoms with Gasteiger partial charge < -0.3 is 11.3 Å². The molecule has 2 aromatic rings. The average Bonchev–Trinajstić information content (AvgIpc) is 2.86. The van der Waals surface area contributed by atoms with E-state index in [1.54, 1.807) is 12.4 Å². The lowest BCUT2D eigenvalue weighted by Crippen LogP contribution is -1.87. The van der Waals surface area contributed by atoms with E-state index < -0.39 is 0 Å². The zero-order valence-corrected chi connectivity index (χ0v) is 9.21. The van der Waals surface area contributed by atoms with Crippen LogP contribution < -0.4 is 6.15 Å². The van der Waals surface area contributed by atoms with E-state index in [2.05, 4.69) is 27.5 Å². The predicted octanol–water partition coefficient (Wildman–Crippen LogP) is 1.58. The topological polar surface area (TPSA) is 96.8 Å². The SMILES string of the molecule is N.OCCCc1ccccc1.c1c[nH]nn1. The molecule has 0 aliphatic heterocycles. The summed E-state index contributed by atoms with van der Waals surface area (Å²) in [5, 5.41) is 17.8. The Hall–Kier alpha value is -1.72. The number of rotatable bonds is 3. The fourth-order valence-electron chi connectivity index (χ4n) is 1.09. The summed E-state index contributed by atoms with van der Waals surface area (Å²) in [7, 11) is 0.